The first-order chi connectivity index (χ1) is 12.1. The Hall–Kier alpha value is -3.48. The molecule has 25 heavy (non-hydrogen) atoms. The lowest BCUT2D eigenvalue weighted by Gasteiger charge is -2.25. The number of carboxylic acid groups (broad SMARTS) is 1. The van der Waals surface area contributed by atoms with E-state index in [2.05, 4.69) is 5.32 Å². The van der Waals surface area contributed by atoms with Gasteiger partial charge in [-0.25, -0.2) is 4.79 Å². The zero-order valence-electron chi connectivity index (χ0n) is 12.9. The van der Waals surface area contributed by atoms with Gasteiger partial charge in [-0.05, 0) is 36.4 Å². The van der Waals surface area contributed by atoms with Crippen LogP contribution in [-0.2, 0) is 4.79 Å². The molecule has 1 aromatic heterocycles. The quantitative estimate of drug-likeness (QED) is 0.761. The highest BCUT2D eigenvalue weighted by atomic mass is 16.6. The Morgan fingerprint density at radius 1 is 1.08 bits per heavy atom. The highest BCUT2D eigenvalue weighted by molar-refractivity contribution is 5.98. The van der Waals surface area contributed by atoms with Crippen molar-refractivity contribution in [3.63, 3.8) is 0 Å². The summed E-state index contributed by atoms with van der Waals surface area (Å²) in [5.74, 6) is -0.527. The minimum absolute atomic E-state index is 0.111. The molecule has 1 aliphatic rings. The van der Waals surface area contributed by atoms with Gasteiger partial charge in [-0.3, -0.25) is 4.79 Å². The third-order valence-electron chi connectivity index (χ3n) is 3.80. The van der Waals surface area contributed by atoms with Crippen LogP contribution in [-0.4, -0.2) is 29.7 Å². The number of nitrogens with one attached hydrogen (secondary N) is 1. The summed E-state index contributed by atoms with van der Waals surface area (Å²) in [6, 6.07) is 13.4. The molecule has 0 spiro atoms. The molecule has 126 valence electrons. The van der Waals surface area contributed by atoms with E-state index in [-0.39, 0.29) is 18.3 Å². The monoisotopic (exact) mass is 339 g/mol. The fourth-order valence-corrected chi connectivity index (χ4v) is 2.60. The van der Waals surface area contributed by atoms with Gasteiger partial charge in [0.05, 0.1) is 0 Å². The third kappa shape index (κ3) is 2.87. The van der Waals surface area contributed by atoms with Crippen molar-refractivity contribution in [3.8, 4) is 11.5 Å². The van der Waals surface area contributed by atoms with E-state index in [4.69, 9.17) is 19.0 Å². The van der Waals surface area contributed by atoms with Crippen molar-refractivity contribution in [1.82, 2.24) is 0 Å². The Morgan fingerprint density at radius 3 is 2.68 bits per heavy atom. The number of aromatic carboxylic acids is 1. The smallest absolute Gasteiger partial charge is 0.371 e. The number of anilines is 1. The van der Waals surface area contributed by atoms with Crippen molar-refractivity contribution in [2.75, 3.05) is 11.9 Å². The van der Waals surface area contributed by atoms with Crippen LogP contribution in [0, 0.1) is 0 Å². The molecule has 4 rings (SSSR count). The van der Waals surface area contributed by atoms with Gasteiger partial charge < -0.3 is 24.3 Å². The molecule has 0 aliphatic carbocycles. The Labute approximate surface area is 141 Å². The van der Waals surface area contributed by atoms with Crippen molar-refractivity contribution in [2.45, 2.75) is 6.10 Å². The lowest BCUT2D eigenvalue weighted by atomic mass is 10.2. The first kappa shape index (κ1) is 15.1. The second-order valence-electron chi connectivity index (χ2n) is 5.52. The molecule has 0 radical (unpaired) electrons. The van der Waals surface area contributed by atoms with Crippen LogP contribution in [0.15, 0.2) is 52.9 Å². The molecule has 2 heterocycles. The molecule has 2 aromatic carbocycles. The summed E-state index contributed by atoms with van der Waals surface area (Å²) in [5.41, 5.74) is 0.944. The van der Waals surface area contributed by atoms with E-state index in [1.165, 1.54) is 6.07 Å². The average Bonchev–Trinajstić information content (AvgIpc) is 3.05. The molecule has 1 atom stereocenters. The molecule has 1 aliphatic heterocycles. The highest BCUT2D eigenvalue weighted by Gasteiger charge is 2.27. The standard InChI is InChI=1S/C18H13NO6/c20-17(16-9-23-13-3-1-2-4-14(13)25-16)19-11-5-6-12-10(7-11)8-15(24-12)18(21)22/h1-8,16H,9H2,(H,19,20)(H,21,22). The summed E-state index contributed by atoms with van der Waals surface area (Å²) in [6.45, 7) is 0.111. The van der Waals surface area contributed by atoms with Crippen molar-refractivity contribution in [1.29, 1.82) is 0 Å². The fourth-order valence-electron chi connectivity index (χ4n) is 2.60. The van der Waals surface area contributed by atoms with Crippen molar-refractivity contribution in [2.24, 2.45) is 0 Å². The van der Waals surface area contributed by atoms with Gasteiger partial charge in [0.15, 0.2) is 11.5 Å². The largest absolute Gasteiger partial charge is 0.485 e. The van der Waals surface area contributed by atoms with Gasteiger partial charge in [0.1, 0.15) is 12.2 Å². The number of furan rings is 1. The molecule has 0 saturated carbocycles. The minimum atomic E-state index is -1.15. The van der Waals surface area contributed by atoms with Gasteiger partial charge in [-0.2, -0.15) is 0 Å². The molecule has 2 N–H and O–H groups in total. The Bertz CT molecular complexity index is 977. The van der Waals surface area contributed by atoms with Crippen LogP contribution in [0.2, 0.25) is 0 Å². The maximum absolute atomic E-state index is 12.4. The van der Waals surface area contributed by atoms with Crippen LogP contribution < -0.4 is 14.8 Å². The number of hydrogen-bond donors (Lipinski definition) is 2. The molecule has 0 saturated heterocycles. The third-order valence-corrected chi connectivity index (χ3v) is 3.80. The normalized spacial score (nSPS) is 15.8. The van der Waals surface area contributed by atoms with Gasteiger partial charge in [0.2, 0.25) is 11.9 Å². The summed E-state index contributed by atoms with van der Waals surface area (Å²) in [4.78, 5) is 23.3. The molecule has 3 aromatic rings. The van der Waals surface area contributed by atoms with Crippen molar-refractivity contribution >= 4 is 28.5 Å². The number of carbonyl (C=O) groups excluding carboxylic acids is 1. The molecule has 1 amide bonds. The van der Waals surface area contributed by atoms with Crippen LogP contribution in [0.3, 0.4) is 0 Å². The second-order valence-corrected chi connectivity index (χ2v) is 5.52. The number of benzene rings is 2. The topological polar surface area (TPSA) is 98.0 Å². The van der Waals surface area contributed by atoms with E-state index in [1.807, 2.05) is 6.07 Å². The molecule has 7 nitrogen and oxygen atoms in total. The predicted molar refractivity (Wildman–Crippen MR) is 88.2 cm³/mol. The number of hydrogen-bond acceptors (Lipinski definition) is 5. The van der Waals surface area contributed by atoms with Gasteiger partial charge in [-0.15, -0.1) is 0 Å². The summed E-state index contributed by atoms with van der Waals surface area (Å²) >= 11 is 0. The molecule has 7 heteroatoms. The minimum Gasteiger partial charge on any atom is -0.485 e. The van der Waals surface area contributed by atoms with Crippen LogP contribution >= 0.6 is 0 Å². The van der Waals surface area contributed by atoms with Crippen LogP contribution in [0.5, 0.6) is 11.5 Å². The maximum Gasteiger partial charge on any atom is 0.371 e. The van der Waals surface area contributed by atoms with Crippen LogP contribution in [0.1, 0.15) is 10.6 Å². The van der Waals surface area contributed by atoms with E-state index in [9.17, 15) is 9.59 Å². The van der Waals surface area contributed by atoms with Crippen molar-refractivity contribution in [3.05, 3.63) is 54.3 Å². The molecule has 0 fully saturated rings. The summed E-state index contributed by atoms with van der Waals surface area (Å²) in [6.07, 6.45) is -0.774. The number of amides is 1. The van der Waals surface area contributed by atoms with Gasteiger partial charge >= 0.3 is 5.97 Å². The Kier molecular flexibility index (Phi) is 3.53. The van der Waals surface area contributed by atoms with E-state index < -0.39 is 12.1 Å². The first-order valence-corrected chi connectivity index (χ1v) is 7.56. The summed E-state index contributed by atoms with van der Waals surface area (Å²) < 4.78 is 16.4. The molecule has 1 unspecified atom stereocenters. The SMILES string of the molecule is O=C(O)c1cc2cc(NC(=O)C3COc4ccccc4O3)ccc2o1. The van der Waals surface area contributed by atoms with Crippen molar-refractivity contribution < 1.29 is 28.6 Å². The number of ether oxygens (including phenoxy) is 2. The zero-order valence-corrected chi connectivity index (χ0v) is 12.9. The van der Waals surface area contributed by atoms with E-state index >= 15 is 0 Å². The molecular formula is C18H13NO6. The number of carbonyl (C=O) groups is 2. The Morgan fingerprint density at radius 2 is 1.88 bits per heavy atom. The van der Waals surface area contributed by atoms with E-state index in [0.29, 0.717) is 28.2 Å². The highest BCUT2D eigenvalue weighted by Crippen LogP contribution is 2.31. The number of fused-ring (bicyclic) bond motifs is 2. The summed E-state index contributed by atoms with van der Waals surface area (Å²) in [7, 11) is 0. The number of carboxylic acids is 1. The Balaban J connectivity index is 1.51. The lowest BCUT2D eigenvalue weighted by Crippen LogP contribution is -2.40. The predicted octanol–water partition coefficient (Wildman–Crippen LogP) is 2.91. The number of rotatable bonds is 3. The van der Waals surface area contributed by atoms with E-state index in [0.717, 1.165) is 0 Å². The lowest BCUT2D eigenvalue weighted by molar-refractivity contribution is -0.125. The average molecular weight is 339 g/mol. The summed E-state index contributed by atoms with van der Waals surface area (Å²) in [5, 5.41) is 12.3. The zero-order chi connectivity index (χ0) is 17.4. The van der Waals surface area contributed by atoms with Gasteiger partial charge in [0, 0.05) is 11.1 Å². The van der Waals surface area contributed by atoms with Crippen LogP contribution in [0.4, 0.5) is 5.69 Å². The molecular weight excluding hydrogens is 326 g/mol. The van der Waals surface area contributed by atoms with Gasteiger partial charge in [0.25, 0.3) is 5.91 Å². The fraction of sp³-hybridized carbons (Fsp3) is 0.111. The molecule has 0 bridgehead atoms. The van der Waals surface area contributed by atoms with Crippen LogP contribution in [0.25, 0.3) is 11.0 Å². The maximum atomic E-state index is 12.4. The van der Waals surface area contributed by atoms with Gasteiger partial charge in [-0.1, -0.05) is 12.1 Å². The first-order valence-electron chi connectivity index (χ1n) is 7.56. The second kappa shape index (κ2) is 5.86. The van der Waals surface area contributed by atoms with E-state index in [1.54, 1.807) is 36.4 Å². The number of para-hydroxylation sites is 2.